The van der Waals surface area contributed by atoms with E-state index in [0.29, 0.717) is 23.6 Å². The molecule has 0 unspecified atom stereocenters. The summed E-state index contributed by atoms with van der Waals surface area (Å²) in [5.41, 5.74) is 7.32. The molecule has 1 heterocycles. The van der Waals surface area contributed by atoms with Crippen molar-refractivity contribution in [1.82, 2.24) is 10.3 Å². The lowest BCUT2D eigenvalue weighted by Gasteiger charge is -2.00. The van der Waals surface area contributed by atoms with Gasteiger partial charge in [0.05, 0.1) is 10.5 Å². The Hall–Kier alpha value is -1.01. The third kappa shape index (κ3) is 3.47. The second-order valence-electron chi connectivity index (χ2n) is 2.35. The van der Waals surface area contributed by atoms with Gasteiger partial charge in [0.25, 0.3) is 5.91 Å². The minimum atomic E-state index is -0.183. The number of aromatic nitrogens is 1. The number of hydrogen-bond acceptors (Lipinski definition) is 4. The van der Waals surface area contributed by atoms with Crippen LogP contribution in [0.3, 0.4) is 0 Å². The van der Waals surface area contributed by atoms with Crippen molar-refractivity contribution in [1.29, 1.82) is 0 Å². The molecule has 0 saturated carbocycles. The molecule has 0 aliphatic carbocycles. The molecule has 1 aromatic rings. The van der Waals surface area contributed by atoms with Crippen LogP contribution in [-0.4, -0.2) is 22.4 Å². The van der Waals surface area contributed by atoms with Gasteiger partial charge in [0.1, 0.15) is 5.69 Å². The molecule has 0 bridgehead atoms. The van der Waals surface area contributed by atoms with Crippen molar-refractivity contribution in [2.75, 3.05) is 6.54 Å². The van der Waals surface area contributed by atoms with Gasteiger partial charge in [0.2, 0.25) is 0 Å². The van der Waals surface area contributed by atoms with Gasteiger partial charge < -0.3 is 11.1 Å². The molecule has 70 valence electrons. The number of rotatable bonds is 4. The van der Waals surface area contributed by atoms with Gasteiger partial charge in [-0.1, -0.05) is 12.2 Å². The van der Waals surface area contributed by atoms with Crippen LogP contribution in [0.1, 0.15) is 16.9 Å². The van der Waals surface area contributed by atoms with E-state index in [2.05, 4.69) is 22.5 Å². The molecule has 13 heavy (non-hydrogen) atoms. The highest BCUT2D eigenvalue weighted by atomic mass is 32.1. The molecule has 1 aromatic heterocycles. The molecule has 0 aliphatic heterocycles. The average Bonchev–Trinajstić information content (AvgIpc) is 2.55. The lowest BCUT2D eigenvalue weighted by atomic mass is 10.4. The van der Waals surface area contributed by atoms with Crippen LogP contribution in [-0.2, 0) is 0 Å². The molecule has 4 nitrogen and oxygen atoms in total. The fourth-order valence-corrected chi connectivity index (χ4v) is 1.35. The number of carbonyl (C=O) groups excluding carboxylic acids is 1. The van der Waals surface area contributed by atoms with Gasteiger partial charge in [0.15, 0.2) is 0 Å². The first kappa shape index (κ1) is 10.1. The lowest BCUT2D eigenvalue weighted by Crippen LogP contribution is -2.27. The predicted molar refractivity (Wildman–Crippen MR) is 55.8 cm³/mol. The Morgan fingerprint density at radius 3 is 3.08 bits per heavy atom. The van der Waals surface area contributed by atoms with Crippen LogP contribution < -0.4 is 11.1 Å². The highest BCUT2D eigenvalue weighted by Crippen LogP contribution is 1.99. The minimum absolute atomic E-state index is 0.183. The van der Waals surface area contributed by atoms with E-state index in [1.807, 2.05) is 0 Å². The summed E-state index contributed by atoms with van der Waals surface area (Å²) in [5.74, 6) is -0.183. The number of nitrogens with zero attached hydrogens (tertiary/aromatic N) is 1. The smallest absolute Gasteiger partial charge is 0.270 e. The zero-order valence-corrected chi connectivity index (χ0v) is 8.45. The number of hydrogen-bond donors (Lipinski definition) is 2. The molecule has 0 aliphatic rings. The maximum absolute atomic E-state index is 11.2. The van der Waals surface area contributed by atoms with Crippen LogP contribution in [0.4, 0.5) is 0 Å². The molecular formula is C7H9N3OS2. The molecule has 0 atom stereocenters. The van der Waals surface area contributed by atoms with Crippen molar-refractivity contribution >= 4 is 34.5 Å². The first-order chi connectivity index (χ1) is 6.20. The SMILES string of the molecule is NC(=S)CCNC(=O)c1cscn1. The van der Waals surface area contributed by atoms with Gasteiger partial charge in [-0.25, -0.2) is 4.98 Å². The van der Waals surface area contributed by atoms with E-state index < -0.39 is 0 Å². The van der Waals surface area contributed by atoms with Gasteiger partial charge in [0, 0.05) is 18.3 Å². The van der Waals surface area contributed by atoms with E-state index in [9.17, 15) is 4.79 Å². The molecule has 0 radical (unpaired) electrons. The van der Waals surface area contributed by atoms with Gasteiger partial charge in [-0.05, 0) is 0 Å². The number of nitrogens with two attached hydrogens (primary N) is 1. The van der Waals surface area contributed by atoms with E-state index >= 15 is 0 Å². The third-order valence-corrected chi connectivity index (χ3v) is 2.11. The maximum Gasteiger partial charge on any atom is 0.270 e. The summed E-state index contributed by atoms with van der Waals surface area (Å²) >= 11 is 6.05. The lowest BCUT2D eigenvalue weighted by molar-refractivity contribution is 0.0950. The van der Waals surface area contributed by atoms with Crippen LogP contribution >= 0.6 is 23.6 Å². The molecule has 0 saturated heterocycles. The summed E-state index contributed by atoms with van der Waals surface area (Å²) < 4.78 is 0. The first-order valence-corrected chi connectivity index (χ1v) is 5.00. The topological polar surface area (TPSA) is 68.0 Å². The Balaban J connectivity index is 2.31. The van der Waals surface area contributed by atoms with Crippen LogP contribution in [0.2, 0.25) is 0 Å². The molecular weight excluding hydrogens is 206 g/mol. The molecule has 3 N–H and O–H groups in total. The summed E-state index contributed by atoms with van der Waals surface area (Å²) in [6, 6.07) is 0. The van der Waals surface area contributed by atoms with Crippen molar-refractivity contribution in [2.45, 2.75) is 6.42 Å². The normalized spacial score (nSPS) is 9.54. The quantitative estimate of drug-likeness (QED) is 0.720. The maximum atomic E-state index is 11.2. The third-order valence-electron chi connectivity index (χ3n) is 1.32. The number of nitrogens with one attached hydrogen (secondary N) is 1. The summed E-state index contributed by atoms with van der Waals surface area (Å²) in [6.07, 6.45) is 0.519. The number of thiocarbonyl (C=S) groups is 1. The van der Waals surface area contributed by atoms with Gasteiger partial charge >= 0.3 is 0 Å². The predicted octanol–water partition coefficient (Wildman–Crippen LogP) is 0.549. The zero-order valence-electron chi connectivity index (χ0n) is 6.82. The van der Waals surface area contributed by atoms with Crippen molar-refractivity contribution in [2.24, 2.45) is 5.73 Å². The van der Waals surface area contributed by atoms with Crippen LogP contribution in [0.15, 0.2) is 10.9 Å². The number of carbonyl (C=O) groups is 1. The monoisotopic (exact) mass is 215 g/mol. The van der Waals surface area contributed by atoms with Crippen LogP contribution in [0.5, 0.6) is 0 Å². The second kappa shape index (κ2) is 4.88. The molecule has 0 aromatic carbocycles. The Morgan fingerprint density at radius 2 is 2.54 bits per heavy atom. The van der Waals surface area contributed by atoms with Crippen molar-refractivity contribution in [3.8, 4) is 0 Å². The van der Waals surface area contributed by atoms with E-state index in [4.69, 9.17) is 5.73 Å². The summed E-state index contributed by atoms with van der Waals surface area (Å²) in [7, 11) is 0. The Bertz CT molecular complexity index is 297. The first-order valence-electron chi connectivity index (χ1n) is 3.65. The Kier molecular flexibility index (Phi) is 3.78. The molecule has 6 heteroatoms. The van der Waals surface area contributed by atoms with Gasteiger partial charge in [-0.2, -0.15) is 0 Å². The average molecular weight is 215 g/mol. The van der Waals surface area contributed by atoms with E-state index in [-0.39, 0.29) is 5.91 Å². The second-order valence-corrected chi connectivity index (χ2v) is 3.59. The highest BCUT2D eigenvalue weighted by molar-refractivity contribution is 7.80. The Labute approximate surface area is 85.2 Å². The van der Waals surface area contributed by atoms with Gasteiger partial charge in [-0.3, -0.25) is 4.79 Å². The van der Waals surface area contributed by atoms with Crippen molar-refractivity contribution in [3.63, 3.8) is 0 Å². The van der Waals surface area contributed by atoms with E-state index in [1.165, 1.54) is 11.3 Å². The van der Waals surface area contributed by atoms with E-state index in [1.54, 1.807) is 10.9 Å². The van der Waals surface area contributed by atoms with Crippen LogP contribution in [0, 0.1) is 0 Å². The molecule has 0 fully saturated rings. The number of thiazole rings is 1. The minimum Gasteiger partial charge on any atom is -0.393 e. The fourth-order valence-electron chi connectivity index (χ4n) is 0.714. The summed E-state index contributed by atoms with van der Waals surface area (Å²) in [6.45, 7) is 0.464. The molecule has 0 spiro atoms. The van der Waals surface area contributed by atoms with Gasteiger partial charge in [-0.15, -0.1) is 11.3 Å². The summed E-state index contributed by atoms with van der Waals surface area (Å²) in [5, 5.41) is 4.34. The fraction of sp³-hybridized carbons (Fsp3) is 0.286. The van der Waals surface area contributed by atoms with E-state index in [0.717, 1.165) is 0 Å². The number of amides is 1. The molecule has 1 rings (SSSR count). The zero-order chi connectivity index (χ0) is 9.68. The summed E-state index contributed by atoms with van der Waals surface area (Å²) in [4.78, 5) is 15.5. The highest BCUT2D eigenvalue weighted by Gasteiger charge is 2.05. The van der Waals surface area contributed by atoms with Crippen molar-refractivity contribution < 1.29 is 4.79 Å². The largest absolute Gasteiger partial charge is 0.393 e. The van der Waals surface area contributed by atoms with Crippen LogP contribution in [0.25, 0.3) is 0 Å². The van der Waals surface area contributed by atoms with Crippen molar-refractivity contribution in [3.05, 3.63) is 16.6 Å². The Morgan fingerprint density at radius 1 is 1.77 bits per heavy atom. The standard InChI is InChI=1S/C7H9N3OS2/c8-6(12)1-2-9-7(11)5-3-13-4-10-5/h3-4H,1-2H2,(H2,8,12)(H,9,11). The molecule has 1 amide bonds.